The summed E-state index contributed by atoms with van der Waals surface area (Å²) in [5.74, 6) is 0.306. The minimum Gasteiger partial charge on any atom is -0.350 e. The molecule has 2 aromatic carbocycles. The second kappa shape index (κ2) is 8.26. The van der Waals surface area contributed by atoms with Crippen molar-refractivity contribution >= 4 is 29.0 Å². The molecule has 3 rings (SSSR count). The van der Waals surface area contributed by atoms with Gasteiger partial charge in [-0.15, -0.1) is 10.2 Å². The number of benzene rings is 2. The Morgan fingerprint density at radius 1 is 0.960 bits per heavy atom. The van der Waals surface area contributed by atoms with E-state index in [0.717, 1.165) is 12.1 Å². The summed E-state index contributed by atoms with van der Waals surface area (Å²) in [5.41, 5.74) is 2.27. The highest BCUT2D eigenvalue weighted by Crippen LogP contribution is 2.18. The number of nitrogens with zero attached hydrogens (tertiary/aromatic N) is 2. The van der Waals surface area contributed by atoms with Gasteiger partial charge in [0.1, 0.15) is 0 Å². The first-order chi connectivity index (χ1) is 12.2. The fourth-order valence-electron chi connectivity index (χ4n) is 2.29. The number of carbonyl (C=O) groups excluding carboxylic acids is 1. The zero-order valence-electron chi connectivity index (χ0n) is 13.4. The van der Waals surface area contributed by atoms with Crippen LogP contribution in [0.4, 0.5) is 11.5 Å². The maximum atomic E-state index is 12.1. The van der Waals surface area contributed by atoms with E-state index in [4.69, 9.17) is 11.6 Å². The Labute approximate surface area is 151 Å². The highest BCUT2D eigenvalue weighted by Gasteiger charge is 2.08. The lowest BCUT2D eigenvalue weighted by molar-refractivity contribution is 0.0948. The molecule has 1 heterocycles. The number of nitrogens with one attached hydrogen (secondary N) is 2. The van der Waals surface area contributed by atoms with Gasteiger partial charge in [0.25, 0.3) is 5.91 Å². The van der Waals surface area contributed by atoms with Crippen LogP contribution >= 0.6 is 11.6 Å². The molecule has 3 aromatic rings. The lowest BCUT2D eigenvalue weighted by Gasteiger charge is -2.07. The van der Waals surface area contributed by atoms with E-state index in [1.165, 1.54) is 5.56 Å². The van der Waals surface area contributed by atoms with Crippen LogP contribution < -0.4 is 10.6 Å². The third-order valence-corrected chi connectivity index (χ3v) is 3.77. The highest BCUT2D eigenvalue weighted by molar-refractivity contribution is 6.30. The van der Waals surface area contributed by atoms with Gasteiger partial charge in [-0.1, -0.05) is 48.0 Å². The SMILES string of the molecule is O=C(NCCc1ccccc1)c1ccc(Nc2cccc(Cl)c2)nn1. The van der Waals surface area contributed by atoms with E-state index >= 15 is 0 Å². The second-order valence-corrected chi connectivity index (χ2v) is 5.87. The van der Waals surface area contributed by atoms with Gasteiger partial charge in [0.2, 0.25) is 0 Å². The van der Waals surface area contributed by atoms with Crippen LogP contribution in [0.5, 0.6) is 0 Å². The number of hydrogen-bond donors (Lipinski definition) is 2. The van der Waals surface area contributed by atoms with Crippen LogP contribution in [0.25, 0.3) is 0 Å². The average Bonchev–Trinajstić information content (AvgIpc) is 2.63. The van der Waals surface area contributed by atoms with Crippen molar-refractivity contribution in [2.75, 3.05) is 11.9 Å². The number of hydrogen-bond acceptors (Lipinski definition) is 4. The smallest absolute Gasteiger partial charge is 0.271 e. The van der Waals surface area contributed by atoms with E-state index < -0.39 is 0 Å². The number of aromatic nitrogens is 2. The monoisotopic (exact) mass is 352 g/mol. The van der Waals surface area contributed by atoms with Gasteiger partial charge >= 0.3 is 0 Å². The third-order valence-electron chi connectivity index (χ3n) is 3.54. The van der Waals surface area contributed by atoms with Crippen molar-refractivity contribution in [3.8, 4) is 0 Å². The Morgan fingerprint density at radius 3 is 2.52 bits per heavy atom. The van der Waals surface area contributed by atoms with Crippen LogP contribution in [-0.2, 0) is 6.42 Å². The first kappa shape index (κ1) is 16.9. The van der Waals surface area contributed by atoms with E-state index in [2.05, 4.69) is 20.8 Å². The van der Waals surface area contributed by atoms with Crippen molar-refractivity contribution in [2.45, 2.75) is 6.42 Å². The van der Waals surface area contributed by atoms with Gasteiger partial charge in [0.05, 0.1) is 0 Å². The Balaban J connectivity index is 1.53. The molecule has 0 aliphatic heterocycles. The van der Waals surface area contributed by atoms with Crippen LogP contribution in [0.3, 0.4) is 0 Å². The van der Waals surface area contributed by atoms with Gasteiger partial charge in [-0.2, -0.15) is 0 Å². The van der Waals surface area contributed by atoms with E-state index in [9.17, 15) is 4.79 Å². The van der Waals surface area contributed by atoms with Gasteiger partial charge in [-0.05, 0) is 42.3 Å². The number of halogens is 1. The number of carbonyl (C=O) groups is 1. The molecule has 126 valence electrons. The minimum atomic E-state index is -0.238. The van der Waals surface area contributed by atoms with Gasteiger partial charge in [-0.3, -0.25) is 4.79 Å². The average molecular weight is 353 g/mol. The molecule has 0 saturated heterocycles. The minimum absolute atomic E-state index is 0.238. The molecule has 1 amide bonds. The van der Waals surface area contributed by atoms with Gasteiger partial charge in [-0.25, -0.2) is 0 Å². The van der Waals surface area contributed by atoms with E-state index in [1.54, 1.807) is 24.3 Å². The summed E-state index contributed by atoms with van der Waals surface area (Å²) in [7, 11) is 0. The first-order valence-electron chi connectivity index (χ1n) is 7.89. The molecular formula is C19H17ClN4O. The molecule has 0 bridgehead atoms. The maximum absolute atomic E-state index is 12.1. The predicted octanol–water partition coefficient (Wildman–Crippen LogP) is 3.85. The highest BCUT2D eigenvalue weighted by atomic mass is 35.5. The molecule has 0 atom stereocenters. The summed E-state index contributed by atoms with van der Waals surface area (Å²) in [4.78, 5) is 12.1. The lowest BCUT2D eigenvalue weighted by Crippen LogP contribution is -2.26. The molecule has 5 nitrogen and oxygen atoms in total. The fraction of sp³-hybridized carbons (Fsp3) is 0.105. The third kappa shape index (κ3) is 5.02. The van der Waals surface area contributed by atoms with E-state index in [-0.39, 0.29) is 11.6 Å². The van der Waals surface area contributed by atoms with Crippen molar-refractivity contribution in [1.82, 2.24) is 15.5 Å². The zero-order chi connectivity index (χ0) is 17.5. The molecule has 0 aliphatic rings. The van der Waals surface area contributed by atoms with Crippen molar-refractivity contribution in [3.05, 3.63) is 83.0 Å². The van der Waals surface area contributed by atoms with Gasteiger partial charge in [0.15, 0.2) is 11.5 Å². The summed E-state index contributed by atoms with van der Waals surface area (Å²) in [5, 5.41) is 14.6. The van der Waals surface area contributed by atoms with Crippen molar-refractivity contribution < 1.29 is 4.79 Å². The second-order valence-electron chi connectivity index (χ2n) is 5.43. The standard InChI is InChI=1S/C19H17ClN4O/c20-15-7-4-8-16(13-15)22-18-10-9-17(23-24-18)19(25)21-12-11-14-5-2-1-3-6-14/h1-10,13H,11-12H2,(H,21,25)(H,22,24). The van der Waals surface area contributed by atoms with Gasteiger partial charge in [0, 0.05) is 17.3 Å². The topological polar surface area (TPSA) is 66.9 Å². The molecule has 2 N–H and O–H groups in total. The molecular weight excluding hydrogens is 336 g/mol. The molecule has 25 heavy (non-hydrogen) atoms. The van der Waals surface area contributed by atoms with Crippen LogP contribution in [0.1, 0.15) is 16.1 Å². The van der Waals surface area contributed by atoms with Gasteiger partial charge < -0.3 is 10.6 Å². The van der Waals surface area contributed by atoms with Crippen molar-refractivity contribution in [2.24, 2.45) is 0 Å². The number of rotatable bonds is 6. The lowest BCUT2D eigenvalue weighted by atomic mass is 10.1. The normalized spacial score (nSPS) is 10.3. The Hall–Kier alpha value is -2.92. The molecule has 6 heteroatoms. The van der Waals surface area contributed by atoms with Crippen LogP contribution in [0, 0.1) is 0 Å². The number of amides is 1. The summed E-state index contributed by atoms with van der Waals surface area (Å²) < 4.78 is 0. The van der Waals surface area contributed by atoms with Crippen molar-refractivity contribution in [3.63, 3.8) is 0 Å². The molecule has 0 aliphatic carbocycles. The Kier molecular flexibility index (Phi) is 5.59. The molecule has 0 spiro atoms. The molecule has 0 saturated carbocycles. The predicted molar refractivity (Wildman–Crippen MR) is 99.2 cm³/mol. The first-order valence-corrected chi connectivity index (χ1v) is 8.27. The van der Waals surface area contributed by atoms with Crippen LogP contribution in [-0.4, -0.2) is 22.6 Å². The summed E-state index contributed by atoms with van der Waals surface area (Å²) >= 11 is 5.94. The zero-order valence-corrected chi connectivity index (χ0v) is 14.2. The number of anilines is 2. The van der Waals surface area contributed by atoms with Crippen molar-refractivity contribution in [1.29, 1.82) is 0 Å². The molecule has 1 aromatic heterocycles. The maximum Gasteiger partial charge on any atom is 0.271 e. The summed E-state index contributed by atoms with van der Waals surface area (Å²) in [6.45, 7) is 0.549. The van der Waals surface area contributed by atoms with E-state index in [0.29, 0.717) is 17.4 Å². The van der Waals surface area contributed by atoms with Crippen LogP contribution in [0.2, 0.25) is 5.02 Å². The quantitative estimate of drug-likeness (QED) is 0.707. The summed E-state index contributed by atoms with van der Waals surface area (Å²) in [6.07, 6.45) is 0.772. The Morgan fingerprint density at radius 2 is 1.80 bits per heavy atom. The molecule has 0 unspecified atom stereocenters. The Bertz CT molecular complexity index is 838. The fourth-order valence-corrected chi connectivity index (χ4v) is 2.48. The largest absolute Gasteiger partial charge is 0.350 e. The molecule has 0 radical (unpaired) electrons. The van der Waals surface area contributed by atoms with E-state index in [1.807, 2.05) is 42.5 Å². The van der Waals surface area contributed by atoms with Crippen LogP contribution in [0.15, 0.2) is 66.7 Å². The summed E-state index contributed by atoms with van der Waals surface area (Å²) in [6, 6.07) is 20.6. The molecule has 0 fully saturated rings.